The van der Waals surface area contributed by atoms with E-state index in [2.05, 4.69) is 20.3 Å². The van der Waals surface area contributed by atoms with Gasteiger partial charge in [0.1, 0.15) is 23.5 Å². The summed E-state index contributed by atoms with van der Waals surface area (Å²) in [6.07, 6.45) is 6.07. The molecule has 0 radical (unpaired) electrons. The molecule has 168 valence electrons. The molecule has 33 heavy (non-hydrogen) atoms. The van der Waals surface area contributed by atoms with Crippen LogP contribution in [-0.2, 0) is 4.79 Å². The summed E-state index contributed by atoms with van der Waals surface area (Å²) in [6, 6.07) is 17.3. The second-order valence-electron chi connectivity index (χ2n) is 7.47. The van der Waals surface area contributed by atoms with Crippen molar-refractivity contribution in [3.05, 3.63) is 73.3 Å². The van der Waals surface area contributed by atoms with Gasteiger partial charge in [-0.05, 0) is 42.8 Å². The number of carbonyl (C=O) groups is 1. The molecule has 2 aromatic carbocycles. The number of para-hydroxylation sites is 1. The maximum absolute atomic E-state index is 11.5. The van der Waals surface area contributed by atoms with E-state index in [4.69, 9.17) is 9.15 Å². The normalized spacial score (nSPS) is 11.7. The van der Waals surface area contributed by atoms with Crippen LogP contribution >= 0.6 is 0 Å². The van der Waals surface area contributed by atoms with Crippen molar-refractivity contribution in [2.45, 2.75) is 19.8 Å². The molecular formula is C25H24N4O4. The molecule has 0 saturated heterocycles. The number of rotatable bonds is 10. The Hall–Kier alpha value is -4.20. The van der Waals surface area contributed by atoms with E-state index < -0.39 is 11.9 Å². The highest BCUT2D eigenvalue weighted by atomic mass is 16.5. The van der Waals surface area contributed by atoms with E-state index in [1.165, 1.54) is 6.33 Å². The average molecular weight is 444 g/mol. The summed E-state index contributed by atoms with van der Waals surface area (Å²) in [4.78, 5) is 24.2. The highest BCUT2D eigenvalue weighted by Gasteiger charge is 2.20. The largest absolute Gasteiger partial charge is 0.481 e. The van der Waals surface area contributed by atoms with Crippen LogP contribution in [0.1, 0.15) is 19.8 Å². The molecule has 2 aromatic heterocycles. The Bertz CT molecular complexity index is 1180. The third-order valence-electron chi connectivity index (χ3n) is 5.04. The maximum atomic E-state index is 11.5. The third kappa shape index (κ3) is 5.54. The van der Waals surface area contributed by atoms with Gasteiger partial charge in [0.05, 0.1) is 11.5 Å². The molecule has 0 aliphatic heterocycles. The van der Waals surface area contributed by atoms with Gasteiger partial charge in [0.25, 0.3) is 6.01 Å². The van der Waals surface area contributed by atoms with Gasteiger partial charge in [0, 0.05) is 24.5 Å². The van der Waals surface area contributed by atoms with E-state index in [9.17, 15) is 9.90 Å². The summed E-state index contributed by atoms with van der Waals surface area (Å²) in [6.45, 7) is 2.18. The van der Waals surface area contributed by atoms with E-state index >= 15 is 0 Å². The van der Waals surface area contributed by atoms with Crippen LogP contribution in [0, 0.1) is 5.92 Å². The first-order valence-electron chi connectivity index (χ1n) is 10.7. The molecule has 0 amide bonds. The molecule has 2 heterocycles. The minimum absolute atomic E-state index is 0.220. The van der Waals surface area contributed by atoms with Gasteiger partial charge in [0.15, 0.2) is 5.76 Å². The summed E-state index contributed by atoms with van der Waals surface area (Å²) in [5.74, 6) is 0.572. The number of carboxylic acids is 1. The molecule has 0 bridgehead atoms. The minimum Gasteiger partial charge on any atom is -0.481 e. The second kappa shape index (κ2) is 10.4. The number of aliphatic carboxylic acids is 1. The lowest BCUT2D eigenvalue weighted by molar-refractivity contribution is -0.141. The molecule has 0 fully saturated rings. The van der Waals surface area contributed by atoms with E-state index in [1.807, 2.05) is 61.5 Å². The fourth-order valence-electron chi connectivity index (χ4n) is 3.38. The Labute approximate surface area is 191 Å². The predicted molar refractivity (Wildman–Crippen MR) is 124 cm³/mol. The van der Waals surface area contributed by atoms with Crippen molar-refractivity contribution in [1.82, 2.24) is 15.0 Å². The number of aromatic nitrogens is 3. The Balaban J connectivity index is 1.60. The second-order valence-corrected chi connectivity index (χ2v) is 7.47. The van der Waals surface area contributed by atoms with Gasteiger partial charge in [-0.25, -0.2) is 9.97 Å². The number of anilines is 1. The Morgan fingerprint density at radius 1 is 1.03 bits per heavy atom. The van der Waals surface area contributed by atoms with Gasteiger partial charge in [-0.15, -0.1) is 0 Å². The van der Waals surface area contributed by atoms with Crippen molar-refractivity contribution in [3.63, 3.8) is 0 Å². The van der Waals surface area contributed by atoms with Crippen molar-refractivity contribution >= 4 is 12.0 Å². The molecule has 4 rings (SSSR count). The van der Waals surface area contributed by atoms with Gasteiger partial charge in [0.2, 0.25) is 0 Å². The topological polar surface area (TPSA) is 110 Å². The minimum atomic E-state index is -0.846. The lowest BCUT2D eigenvalue weighted by Crippen LogP contribution is -2.22. The van der Waals surface area contributed by atoms with Gasteiger partial charge < -0.3 is 19.6 Å². The van der Waals surface area contributed by atoms with Crippen LogP contribution in [0.4, 0.5) is 6.01 Å². The summed E-state index contributed by atoms with van der Waals surface area (Å²) in [5.41, 5.74) is 2.08. The van der Waals surface area contributed by atoms with Crippen molar-refractivity contribution < 1.29 is 19.1 Å². The Morgan fingerprint density at radius 2 is 1.73 bits per heavy atom. The van der Waals surface area contributed by atoms with Gasteiger partial charge >= 0.3 is 5.97 Å². The smallest absolute Gasteiger partial charge is 0.308 e. The number of benzene rings is 2. The predicted octanol–water partition coefficient (Wildman–Crippen LogP) is 5.50. The molecule has 1 unspecified atom stereocenters. The number of nitrogens with one attached hydrogen (secondary N) is 1. The molecular weight excluding hydrogens is 420 g/mol. The van der Waals surface area contributed by atoms with E-state index in [1.54, 1.807) is 12.4 Å². The molecule has 0 saturated carbocycles. The van der Waals surface area contributed by atoms with Crippen LogP contribution in [0.3, 0.4) is 0 Å². The van der Waals surface area contributed by atoms with E-state index in [0.29, 0.717) is 29.2 Å². The fraction of sp³-hybridized carbons (Fsp3) is 0.200. The molecule has 0 aliphatic carbocycles. The maximum Gasteiger partial charge on any atom is 0.308 e. The summed E-state index contributed by atoms with van der Waals surface area (Å²) in [7, 11) is 0. The number of ether oxygens (including phenoxy) is 1. The lowest BCUT2D eigenvalue weighted by atomic mass is 10.0. The first kappa shape index (κ1) is 22.0. The lowest BCUT2D eigenvalue weighted by Gasteiger charge is -2.10. The zero-order chi connectivity index (χ0) is 23.0. The fourth-order valence-corrected chi connectivity index (χ4v) is 3.38. The molecule has 4 aromatic rings. The number of nitrogens with zero attached hydrogens (tertiary/aromatic N) is 3. The Kier molecular flexibility index (Phi) is 6.94. The zero-order valence-corrected chi connectivity index (χ0v) is 18.1. The number of oxazole rings is 1. The van der Waals surface area contributed by atoms with Crippen LogP contribution in [-0.4, -0.2) is 32.6 Å². The van der Waals surface area contributed by atoms with Crippen LogP contribution in [0.25, 0.3) is 22.6 Å². The highest BCUT2D eigenvalue weighted by molar-refractivity contribution is 5.77. The van der Waals surface area contributed by atoms with Gasteiger partial charge in [-0.2, -0.15) is 4.98 Å². The molecule has 8 heteroatoms. The molecule has 8 nitrogen and oxygen atoms in total. The van der Waals surface area contributed by atoms with Crippen molar-refractivity contribution in [3.8, 4) is 34.1 Å². The third-order valence-corrected chi connectivity index (χ3v) is 5.04. The molecule has 0 spiro atoms. The molecule has 1 atom stereocenters. The van der Waals surface area contributed by atoms with Crippen LogP contribution < -0.4 is 10.1 Å². The van der Waals surface area contributed by atoms with Crippen LogP contribution in [0.15, 0.2) is 77.7 Å². The van der Waals surface area contributed by atoms with Crippen molar-refractivity contribution in [2.75, 3.05) is 11.9 Å². The Morgan fingerprint density at radius 3 is 2.39 bits per heavy atom. The van der Waals surface area contributed by atoms with Crippen molar-refractivity contribution in [1.29, 1.82) is 0 Å². The zero-order valence-electron chi connectivity index (χ0n) is 18.1. The first-order chi connectivity index (χ1) is 16.1. The standard InChI is InChI=1S/C25H24N4O4/c1-2-6-18(24(30)31)15-28-25-29-22(23(33-25)19-13-26-16-27-14-19)17-9-11-21(12-10-17)32-20-7-4-3-5-8-20/h3-5,7-14,16,18H,2,6,15H2,1H3,(H,28,29)(H,30,31). The van der Waals surface area contributed by atoms with E-state index in [-0.39, 0.29) is 12.6 Å². The summed E-state index contributed by atoms with van der Waals surface area (Å²) < 4.78 is 11.8. The first-order valence-corrected chi connectivity index (χ1v) is 10.7. The van der Waals surface area contributed by atoms with Crippen LogP contribution in [0.5, 0.6) is 11.5 Å². The van der Waals surface area contributed by atoms with Gasteiger partial charge in [-0.1, -0.05) is 31.5 Å². The number of carboxylic acid groups (broad SMARTS) is 1. The number of hydrogen-bond donors (Lipinski definition) is 2. The van der Waals surface area contributed by atoms with E-state index in [0.717, 1.165) is 17.7 Å². The summed E-state index contributed by atoms with van der Waals surface area (Å²) >= 11 is 0. The number of hydrogen-bond acceptors (Lipinski definition) is 7. The monoisotopic (exact) mass is 444 g/mol. The SMILES string of the molecule is CCCC(CNc1nc(-c2ccc(Oc3ccccc3)cc2)c(-c2cncnc2)o1)C(=O)O. The average Bonchev–Trinajstić information content (AvgIpc) is 3.27. The van der Waals surface area contributed by atoms with Crippen LogP contribution in [0.2, 0.25) is 0 Å². The molecule has 2 N–H and O–H groups in total. The quantitative estimate of drug-likeness (QED) is 0.330. The molecule has 0 aliphatic rings. The highest BCUT2D eigenvalue weighted by Crippen LogP contribution is 2.35. The van der Waals surface area contributed by atoms with Gasteiger partial charge in [-0.3, -0.25) is 4.79 Å². The van der Waals surface area contributed by atoms with Crippen molar-refractivity contribution in [2.24, 2.45) is 5.92 Å². The summed E-state index contributed by atoms with van der Waals surface area (Å²) in [5, 5.41) is 12.4.